The van der Waals surface area contributed by atoms with Gasteiger partial charge in [0.1, 0.15) is 11.3 Å². The Bertz CT molecular complexity index is 493. The van der Waals surface area contributed by atoms with Crippen molar-refractivity contribution in [2.24, 2.45) is 0 Å². The minimum absolute atomic E-state index is 0.0943. The van der Waals surface area contributed by atoms with Crippen molar-refractivity contribution < 1.29 is 9.52 Å². The maximum absolute atomic E-state index is 10.7. The zero-order valence-corrected chi connectivity index (χ0v) is 9.13. The van der Waals surface area contributed by atoms with E-state index in [9.17, 15) is 4.79 Å². The second-order valence-electron chi connectivity index (χ2n) is 2.58. The first-order valence-corrected chi connectivity index (χ1v) is 5.09. The van der Waals surface area contributed by atoms with Crippen LogP contribution in [0.15, 0.2) is 39.5 Å². The number of fused-ring (bicyclic) bond motifs is 1. The van der Waals surface area contributed by atoms with E-state index in [1.807, 2.05) is 0 Å². The van der Waals surface area contributed by atoms with Crippen molar-refractivity contribution in [3.63, 3.8) is 0 Å². The average molecular weight is 247 g/mol. The van der Waals surface area contributed by atoms with Gasteiger partial charge in [-0.25, -0.2) is 4.79 Å². The predicted octanol–water partition coefficient (Wildman–Crippen LogP) is 2.92. The van der Waals surface area contributed by atoms with E-state index in [0.717, 1.165) is 5.39 Å². The lowest BCUT2D eigenvalue weighted by atomic mass is 10.2. The van der Waals surface area contributed by atoms with Crippen LogP contribution in [0, 0.1) is 0 Å². The number of phenols is 1. The Morgan fingerprint density at radius 2 is 1.80 bits per heavy atom. The second-order valence-corrected chi connectivity index (χ2v) is 3.39. The summed E-state index contributed by atoms with van der Waals surface area (Å²) in [5.41, 5.74) is -0.00407. The Labute approximate surface area is 95.9 Å². The van der Waals surface area contributed by atoms with Crippen molar-refractivity contribution in [1.82, 2.24) is 0 Å². The Balaban J connectivity index is 0.000000337. The first-order chi connectivity index (χ1) is 7.17. The lowest BCUT2D eigenvalue weighted by Crippen LogP contribution is -1.93. The van der Waals surface area contributed by atoms with Crippen LogP contribution >= 0.6 is 23.2 Å². The number of alkyl halides is 2. The van der Waals surface area contributed by atoms with E-state index < -0.39 is 5.63 Å². The first kappa shape index (κ1) is 11.9. The van der Waals surface area contributed by atoms with Gasteiger partial charge in [-0.2, -0.15) is 0 Å². The van der Waals surface area contributed by atoms with Gasteiger partial charge in [-0.1, -0.05) is 0 Å². The molecule has 0 aliphatic heterocycles. The van der Waals surface area contributed by atoms with Gasteiger partial charge in [-0.05, 0) is 18.2 Å². The van der Waals surface area contributed by atoms with E-state index in [4.69, 9.17) is 32.7 Å². The highest BCUT2D eigenvalue weighted by Crippen LogP contribution is 2.17. The number of hydrogen-bond acceptors (Lipinski definition) is 3. The lowest BCUT2D eigenvalue weighted by Gasteiger charge is -1.94. The standard InChI is InChI=1S/C9H6O3.CH2Cl2/c10-7-3-1-6-2-4-9(11)12-8(6)5-7;2-1-3/h1-5,10H;1H2. The van der Waals surface area contributed by atoms with Crippen molar-refractivity contribution in [3.8, 4) is 5.75 Å². The van der Waals surface area contributed by atoms with Crippen molar-refractivity contribution in [2.45, 2.75) is 0 Å². The summed E-state index contributed by atoms with van der Waals surface area (Å²) in [6.45, 7) is 0. The third-order valence-electron chi connectivity index (χ3n) is 1.61. The van der Waals surface area contributed by atoms with Crippen LogP contribution in [0.5, 0.6) is 5.75 Å². The van der Waals surface area contributed by atoms with Crippen LogP contribution in [0.1, 0.15) is 0 Å². The molecule has 5 heteroatoms. The maximum Gasteiger partial charge on any atom is 0.336 e. The predicted molar refractivity (Wildman–Crippen MR) is 60.7 cm³/mol. The molecule has 0 aliphatic rings. The van der Waals surface area contributed by atoms with Crippen LogP contribution in [-0.4, -0.2) is 10.4 Å². The smallest absolute Gasteiger partial charge is 0.336 e. The van der Waals surface area contributed by atoms with Crippen LogP contribution in [0.2, 0.25) is 0 Å². The highest BCUT2D eigenvalue weighted by molar-refractivity contribution is 6.40. The SMILES string of the molecule is ClCCl.O=c1ccc2ccc(O)cc2o1. The zero-order chi connectivity index (χ0) is 11.3. The molecule has 1 heterocycles. The first-order valence-electron chi connectivity index (χ1n) is 4.02. The van der Waals surface area contributed by atoms with Gasteiger partial charge < -0.3 is 9.52 Å². The Kier molecular flexibility index (Phi) is 4.46. The fraction of sp³-hybridized carbons (Fsp3) is 0.100. The maximum atomic E-state index is 10.7. The van der Waals surface area contributed by atoms with Crippen LogP contribution < -0.4 is 5.63 Å². The summed E-state index contributed by atoms with van der Waals surface area (Å²) in [6.07, 6.45) is 0. The van der Waals surface area contributed by atoms with Crippen LogP contribution in [0.3, 0.4) is 0 Å². The van der Waals surface area contributed by atoms with Crippen molar-refractivity contribution in [3.05, 3.63) is 40.8 Å². The summed E-state index contributed by atoms with van der Waals surface area (Å²) in [5.74, 6) is 0.0943. The normalized spacial score (nSPS) is 9.47. The van der Waals surface area contributed by atoms with Crippen molar-refractivity contribution >= 4 is 34.2 Å². The highest BCUT2D eigenvalue weighted by Gasteiger charge is 1.96. The summed E-state index contributed by atoms with van der Waals surface area (Å²) in [4.78, 5) is 10.7. The van der Waals surface area contributed by atoms with Gasteiger partial charge >= 0.3 is 5.63 Å². The van der Waals surface area contributed by atoms with Crippen LogP contribution in [0.25, 0.3) is 11.0 Å². The topological polar surface area (TPSA) is 50.4 Å². The third-order valence-corrected chi connectivity index (χ3v) is 1.61. The van der Waals surface area contributed by atoms with E-state index in [2.05, 4.69) is 0 Å². The molecule has 0 spiro atoms. The molecule has 0 aliphatic carbocycles. The molecule has 0 radical (unpaired) electrons. The Morgan fingerprint density at radius 1 is 1.20 bits per heavy atom. The fourth-order valence-corrected chi connectivity index (χ4v) is 1.05. The molecule has 80 valence electrons. The number of hydrogen-bond donors (Lipinski definition) is 1. The molecular weight excluding hydrogens is 239 g/mol. The molecule has 0 amide bonds. The Hall–Kier alpha value is -1.19. The Morgan fingerprint density at radius 3 is 2.47 bits per heavy atom. The molecule has 1 aromatic carbocycles. The molecule has 3 nitrogen and oxygen atoms in total. The van der Waals surface area contributed by atoms with Gasteiger partial charge in [0.15, 0.2) is 0 Å². The van der Waals surface area contributed by atoms with Gasteiger partial charge in [0.25, 0.3) is 0 Å². The van der Waals surface area contributed by atoms with E-state index in [1.54, 1.807) is 18.2 Å². The summed E-state index contributed by atoms with van der Waals surface area (Å²) in [7, 11) is 0. The molecule has 0 atom stereocenters. The number of benzene rings is 1. The van der Waals surface area contributed by atoms with E-state index in [-0.39, 0.29) is 11.1 Å². The molecule has 0 saturated carbocycles. The molecule has 0 unspecified atom stereocenters. The van der Waals surface area contributed by atoms with Crippen LogP contribution in [-0.2, 0) is 0 Å². The summed E-state index contributed by atoms with van der Waals surface area (Å²) >= 11 is 9.53. The average Bonchev–Trinajstić information content (AvgIpc) is 2.18. The lowest BCUT2D eigenvalue weighted by molar-refractivity contribution is 0.473. The molecule has 0 saturated heterocycles. The molecule has 2 rings (SSSR count). The third kappa shape index (κ3) is 3.46. The van der Waals surface area contributed by atoms with Crippen molar-refractivity contribution in [1.29, 1.82) is 0 Å². The highest BCUT2D eigenvalue weighted by atomic mass is 35.5. The van der Waals surface area contributed by atoms with Crippen LogP contribution in [0.4, 0.5) is 0 Å². The molecule has 1 aromatic heterocycles. The number of aromatic hydroxyl groups is 1. The number of halogens is 2. The summed E-state index contributed by atoms with van der Waals surface area (Å²) in [5, 5.41) is 10.1. The zero-order valence-electron chi connectivity index (χ0n) is 7.61. The molecular formula is C10H8Cl2O3. The summed E-state index contributed by atoms with van der Waals surface area (Å²) < 4.78 is 4.83. The van der Waals surface area contributed by atoms with E-state index in [1.165, 1.54) is 12.1 Å². The van der Waals surface area contributed by atoms with E-state index in [0.29, 0.717) is 5.58 Å². The van der Waals surface area contributed by atoms with Crippen molar-refractivity contribution in [2.75, 3.05) is 5.34 Å². The summed E-state index contributed by atoms with van der Waals surface area (Å²) in [6, 6.07) is 7.65. The largest absolute Gasteiger partial charge is 0.508 e. The minimum atomic E-state index is -0.409. The molecule has 1 N–H and O–H groups in total. The number of phenolic OH excluding ortho intramolecular Hbond substituents is 1. The molecule has 0 fully saturated rings. The molecule has 2 aromatic rings. The van der Waals surface area contributed by atoms with Gasteiger partial charge in [-0.15, -0.1) is 23.2 Å². The minimum Gasteiger partial charge on any atom is -0.508 e. The van der Waals surface area contributed by atoms with Gasteiger partial charge in [0, 0.05) is 17.5 Å². The second kappa shape index (κ2) is 5.63. The fourth-order valence-electron chi connectivity index (χ4n) is 1.05. The number of rotatable bonds is 0. The quantitative estimate of drug-likeness (QED) is 0.575. The van der Waals surface area contributed by atoms with Gasteiger partial charge in [0.2, 0.25) is 0 Å². The molecule has 0 bridgehead atoms. The molecule has 15 heavy (non-hydrogen) atoms. The van der Waals surface area contributed by atoms with Gasteiger partial charge in [-0.3, -0.25) is 0 Å². The van der Waals surface area contributed by atoms with E-state index >= 15 is 0 Å². The van der Waals surface area contributed by atoms with Gasteiger partial charge in [0.05, 0.1) is 5.34 Å². The monoisotopic (exact) mass is 246 g/mol.